The average molecular weight is 371 g/mol. The van der Waals surface area contributed by atoms with Crippen LogP contribution in [0.25, 0.3) is 0 Å². The number of carbonyl (C=O) groups excluding carboxylic acids is 2. The molecule has 1 aromatic carbocycles. The molecule has 2 N–H and O–H groups in total. The minimum atomic E-state index is -0.265. The molecule has 0 unspecified atom stereocenters. The molecule has 2 fully saturated rings. The van der Waals surface area contributed by atoms with Gasteiger partial charge in [-0.25, -0.2) is 4.79 Å². The van der Waals surface area contributed by atoms with Gasteiger partial charge < -0.3 is 19.9 Å². The van der Waals surface area contributed by atoms with Crippen molar-refractivity contribution >= 4 is 17.6 Å². The number of aryl methyl sites for hydroxylation is 1. The topological polar surface area (TPSA) is 110 Å². The number of carbonyl (C=O) groups is 2. The zero-order valence-corrected chi connectivity index (χ0v) is 15.0. The minimum absolute atomic E-state index is 0.145. The van der Waals surface area contributed by atoms with E-state index in [1.807, 2.05) is 13.0 Å². The van der Waals surface area contributed by atoms with Crippen LogP contribution in [0.2, 0.25) is 0 Å². The summed E-state index contributed by atoms with van der Waals surface area (Å²) in [7, 11) is 0. The molecule has 2 aliphatic heterocycles. The lowest BCUT2D eigenvalue weighted by Crippen LogP contribution is -2.29. The van der Waals surface area contributed by atoms with Gasteiger partial charge in [-0.05, 0) is 37.5 Å². The highest BCUT2D eigenvalue weighted by atomic mass is 16.5. The molecule has 2 aliphatic rings. The van der Waals surface area contributed by atoms with E-state index < -0.39 is 0 Å². The highest BCUT2D eigenvalue weighted by molar-refractivity contribution is 5.99. The molecule has 2 aromatic rings. The lowest BCUT2D eigenvalue weighted by molar-refractivity contribution is 0.0835. The molecule has 0 saturated carbocycles. The number of hydrogen-bond acceptors (Lipinski definition) is 6. The van der Waals surface area contributed by atoms with Crippen LogP contribution in [-0.2, 0) is 11.3 Å². The van der Waals surface area contributed by atoms with Gasteiger partial charge >= 0.3 is 6.03 Å². The largest absolute Gasteiger partial charge is 0.368 e. The van der Waals surface area contributed by atoms with Crippen LogP contribution in [0, 0.1) is 6.92 Å². The maximum absolute atomic E-state index is 12.5. The molecule has 1 atom stereocenters. The van der Waals surface area contributed by atoms with Gasteiger partial charge in [0.1, 0.15) is 6.10 Å². The molecule has 3 heterocycles. The molecule has 1 aromatic heterocycles. The van der Waals surface area contributed by atoms with Gasteiger partial charge in [-0.1, -0.05) is 11.2 Å². The quantitative estimate of drug-likeness (QED) is 0.828. The first-order valence-corrected chi connectivity index (χ1v) is 9.00. The number of urea groups is 1. The molecule has 0 spiro atoms. The minimum Gasteiger partial charge on any atom is -0.368 e. The third-order valence-corrected chi connectivity index (χ3v) is 4.71. The van der Waals surface area contributed by atoms with Gasteiger partial charge in [0.05, 0.1) is 6.54 Å². The molecule has 142 valence electrons. The van der Waals surface area contributed by atoms with Crippen LogP contribution in [0.4, 0.5) is 10.5 Å². The molecule has 9 heteroatoms. The number of benzene rings is 1. The summed E-state index contributed by atoms with van der Waals surface area (Å²) in [5, 5.41) is 9.44. The zero-order chi connectivity index (χ0) is 18.8. The molecular formula is C18H21N5O4. The normalized spacial score (nSPS) is 19.4. The van der Waals surface area contributed by atoms with Crippen molar-refractivity contribution in [3.8, 4) is 0 Å². The second kappa shape index (κ2) is 7.36. The third kappa shape index (κ3) is 3.63. The molecule has 0 radical (unpaired) electrons. The number of aromatic nitrogens is 2. The first-order valence-electron chi connectivity index (χ1n) is 9.00. The van der Waals surface area contributed by atoms with E-state index in [9.17, 15) is 9.59 Å². The SMILES string of the molecule is Cc1ccc(C(=O)NCc2noc([C@@H]3CCCO3)n2)cc1N1CCNC1=O. The smallest absolute Gasteiger partial charge is 0.322 e. The van der Waals surface area contributed by atoms with Gasteiger partial charge in [0.2, 0.25) is 0 Å². The zero-order valence-electron chi connectivity index (χ0n) is 15.0. The van der Waals surface area contributed by atoms with Gasteiger partial charge in [-0.15, -0.1) is 0 Å². The predicted molar refractivity (Wildman–Crippen MR) is 95.3 cm³/mol. The Balaban J connectivity index is 1.42. The van der Waals surface area contributed by atoms with Gasteiger partial charge in [0.15, 0.2) is 5.82 Å². The molecule has 9 nitrogen and oxygen atoms in total. The van der Waals surface area contributed by atoms with Crippen LogP contribution in [0.3, 0.4) is 0 Å². The van der Waals surface area contributed by atoms with Crippen LogP contribution in [-0.4, -0.2) is 41.8 Å². The van der Waals surface area contributed by atoms with Crippen LogP contribution >= 0.6 is 0 Å². The molecular weight excluding hydrogens is 350 g/mol. The van der Waals surface area contributed by atoms with E-state index in [1.165, 1.54) is 0 Å². The number of anilines is 1. The van der Waals surface area contributed by atoms with E-state index in [4.69, 9.17) is 9.26 Å². The summed E-state index contributed by atoms with van der Waals surface area (Å²) in [4.78, 5) is 30.3. The number of rotatable bonds is 5. The predicted octanol–water partition coefficient (Wildman–Crippen LogP) is 1.69. The van der Waals surface area contributed by atoms with E-state index in [2.05, 4.69) is 20.8 Å². The molecule has 2 saturated heterocycles. The summed E-state index contributed by atoms with van der Waals surface area (Å²) in [5.74, 6) is 0.592. The van der Waals surface area contributed by atoms with Gasteiger partial charge in [-0.2, -0.15) is 4.98 Å². The second-order valence-electron chi connectivity index (χ2n) is 6.62. The summed E-state index contributed by atoms with van der Waals surface area (Å²) in [6.07, 6.45) is 1.70. The van der Waals surface area contributed by atoms with Crippen LogP contribution in [0.1, 0.15) is 46.6 Å². The molecule has 3 amide bonds. The Hall–Kier alpha value is -2.94. The van der Waals surface area contributed by atoms with E-state index in [-0.39, 0.29) is 24.6 Å². The number of nitrogens with zero attached hydrogens (tertiary/aromatic N) is 3. The lowest BCUT2D eigenvalue weighted by Gasteiger charge is -2.18. The fourth-order valence-electron chi connectivity index (χ4n) is 3.25. The van der Waals surface area contributed by atoms with Crippen molar-refractivity contribution in [2.75, 3.05) is 24.6 Å². The van der Waals surface area contributed by atoms with Gasteiger partial charge in [0, 0.05) is 30.9 Å². The number of hydrogen-bond donors (Lipinski definition) is 2. The summed E-state index contributed by atoms with van der Waals surface area (Å²) < 4.78 is 10.7. The third-order valence-electron chi connectivity index (χ3n) is 4.71. The van der Waals surface area contributed by atoms with Crippen molar-refractivity contribution < 1.29 is 18.8 Å². The summed E-state index contributed by atoms with van der Waals surface area (Å²) in [6, 6.07) is 5.14. The van der Waals surface area contributed by atoms with Gasteiger partial charge in [-0.3, -0.25) is 9.69 Å². The van der Waals surface area contributed by atoms with Crippen molar-refractivity contribution in [1.29, 1.82) is 0 Å². The highest BCUT2D eigenvalue weighted by Crippen LogP contribution is 2.27. The Morgan fingerprint density at radius 2 is 2.33 bits per heavy atom. The summed E-state index contributed by atoms with van der Waals surface area (Å²) >= 11 is 0. The monoisotopic (exact) mass is 371 g/mol. The van der Waals surface area contributed by atoms with Crippen molar-refractivity contribution in [1.82, 2.24) is 20.8 Å². The van der Waals surface area contributed by atoms with Crippen LogP contribution in [0.15, 0.2) is 22.7 Å². The Bertz CT molecular complexity index is 859. The van der Waals surface area contributed by atoms with Gasteiger partial charge in [0.25, 0.3) is 11.8 Å². The standard InChI is InChI=1S/C18H21N5O4/c1-11-4-5-12(9-13(11)23-7-6-19-18(23)25)16(24)20-10-15-21-17(27-22-15)14-3-2-8-26-14/h4-5,9,14H,2-3,6-8,10H2,1H3,(H,19,25)(H,20,24)/t14-/m0/s1. The molecule has 27 heavy (non-hydrogen) atoms. The summed E-state index contributed by atoms with van der Waals surface area (Å²) in [6.45, 7) is 3.94. The van der Waals surface area contributed by atoms with E-state index in [0.29, 0.717) is 37.0 Å². The first kappa shape index (κ1) is 17.5. The highest BCUT2D eigenvalue weighted by Gasteiger charge is 2.25. The van der Waals surface area contributed by atoms with Crippen LogP contribution in [0.5, 0.6) is 0 Å². The Morgan fingerprint density at radius 1 is 1.44 bits per heavy atom. The lowest BCUT2D eigenvalue weighted by atomic mass is 10.1. The fraction of sp³-hybridized carbons (Fsp3) is 0.444. The summed E-state index contributed by atoms with van der Waals surface area (Å²) in [5.41, 5.74) is 2.14. The average Bonchev–Trinajstić information content (AvgIpc) is 3.41. The maximum Gasteiger partial charge on any atom is 0.322 e. The maximum atomic E-state index is 12.5. The molecule has 0 bridgehead atoms. The number of amides is 3. The van der Waals surface area contributed by atoms with Crippen molar-refractivity contribution in [2.45, 2.75) is 32.4 Å². The fourth-order valence-corrected chi connectivity index (χ4v) is 3.25. The first-order chi connectivity index (χ1) is 13.1. The van der Waals surface area contributed by atoms with Crippen LogP contribution < -0.4 is 15.5 Å². The van der Waals surface area contributed by atoms with Crippen molar-refractivity contribution in [2.24, 2.45) is 0 Å². The van der Waals surface area contributed by atoms with E-state index in [1.54, 1.807) is 17.0 Å². The van der Waals surface area contributed by atoms with E-state index in [0.717, 1.165) is 24.1 Å². The molecule has 4 rings (SSSR count). The van der Waals surface area contributed by atoms with Crippen molar-refractivity contribution in [3.63, 3.8) is 0 Å². The second-order valence-corrected chi connectivity index (χ2v) is 6.62. The van der Waals surface area contributed by atoms with Crippen molar-refractivity contribution in [3.05, 3.63) is 41.0 Å². The number of ether oxygens (including phenoxy) is 1. The Morgan fingerprint density at radius 3 is 3.07 bits per heavy atom. The Kier molecular flexibility index (Phi) is 4.76. The molecule has 0 aliphatic carbocycles. The Labute approximate surface area is 156 Å². The number of nitrogens with one attached hydrogen (secondary N) is 2. The van der Waals surface area contributed by atoms with E-state index >= 15 is 0 Å².